The highest BCUT2D eigenvalue weighted by Crippen LogP contribution is 2.15. The monoisotopic (exact) mass is 409 g/mol. The maximum absolute atomic E-state index is 5.42. The molecule has 0 atom stereocenters. The predicted molar refractivity (Wildman–Crippen MR) is 119 cm³/mol. The number of hydrogen-bond acceptors (Lipinski definition) is 4. The van der Waals surface area contributed by atoms with E-state index < -0.39 is 0 Å². The first-order chi connectivity index (χ1) is 14.8. The van der Waals surface area contributed by atoms with Crippen LogP contribution in [0.2, 0.25) is 0 Å². The van der Waals surface area contributed by atoms with Crippen molar-refractivity contribution in [1.29, 1.82) is 0 Å². The summed E-state index contributed by atoms with van der Waals surface area (Å²) in [5.41, 5.74) is 3.15. The molecule has 0 spiro atoms. The lowest BCUT2D eigenvalue weighted by atomic mass is 10.2. The quantitative estimate of drug-likeness (QED) is 0.288. The number of aromatic nitrogens is 2. The van der Waals surface area contributed by atoms with Gasteiger partial charge in [-0.25, -0.2) is 9.67 Å². The third-order valence-corrected chi connectivity index (χ3v) is 4.57. The summed E-state index contributed by atoms with van der Waals surface area (Å²) >= 11 is 0. The molecule has 0 saturated carbocycles. The van der Waals surface area contributed by atoms with Gasteiger partial charge in [0, 0.05) is 38.9 Å². The van der Waals surface area contributed by atoms with Gasteiger partial charge in [0.2, 0.25) is 0 Å². The highest BCUT2D eigenvalue weighted by Gasteiger charge is 2.06. The van der Waals surface area contributed by atoms with Crippen LogP contribution in [-0.4, -0.2) is 42.0 Å². The van der Waals surface area contributed by atoms with Crippen LogP contribution in [0.3, 0.4) is 0 Å². The Morgan fingerprint density at radius 2 is 2.00 bits per heavy atom. The van der Waals surface area contributed by atoms with Crippen LogP contribution in [0.4, 0.5) is 0 Å². The van der Waals surface area contributed by atoms with Crippen molar-refractivity contribution < 1.29 is 9.15 Å². The summed E-state index contributed by atoms with van der Waals surface area (Å²) in [6.45, 7) is 7.57. The van der Waals surface area contributed by atoms with E-state index in [2.05, 4.69) is 27.9 Å². The molecule has 0 saturated heterocycles. The van der Waals surface area contributed by atoms with E-state index in [1.807, 2.05) is 55.1 Å². The molecule has 0 aliphatic heterocycles. The fraction of sp³-hybridized carbons (Fsp3) is 0.391. The van der Waals surface area contributed by atoms with E-state index in [0.717, 1.165) is 67.8 Å². The molecule has 7 nitrogen and oxygen atoms in total. The molecule has 160 valence electrons. The molecule has 0 aliphatic rings. The number of aliphatic imine (C=N–C) groups is 1. The van der Waals surface area contributed by atoms with Gasteiger partial charge in [0.15, 0.2) is 5.96 Å². The fourth-order valence-corrected chi connectivity index (χ4v) is 3.04. The van der Waals surface area contributed by atoms with Crippen molar-refractivity contribution >= 4 is 5.96 Å². The van der Waals surface area contributed by atoms with Crippen LogP contribution in [0.5, 0.6) is 0 Å². The van der Waals surface area contributed by atoms with Gasteiger partial charge < -0.3 is 19.8 Å². The lowest BCUT2D eigenvalue weighted by Crippen LogP contribution is -2.39. The molecule has 2 heterocycles. The predicted octanol–water partition coefficient (Wildman–Crippen LogP) is 3.48. The maximum Gasteiger partial charge on any atom is 0.191 e. The number of nitrogens with one attached hydrogen (secondary N) is 2. The van der Waals surface area contributed by atoms with Crippen molar-refractivity contribution in [3.63, 3.8) is 0 Å². The van der Waals surface area contributed by atoms with Gasteiger partial charge in [0.1, 0.15) is 5.76 Å². The van der Waals surface area contributed by atoms with Crippen LogP contribution < -0.4 is 10.6 Å². The third-order valence-electron chi connectivity index (χ3n) is 4.57. The van der Waals surface area contributed by atoms with Crippen LogP contribution >= 0.6 is 0 Å². The fourth-order valence-electron chi connectivity index (χ4n) is 3.04. The first-order valence-corrected chi connectivity index (χ1v) is 10.5. The highest BCUT2D eigenvalue weighted by atomic mass is 16.5. The van der Waals surface area contributed by atoms with Crippen molar-refractivity contribution in [3.05, 3.63) is 71.9 Å². The van der Waals surface area contributed by atoms with E-state index in [4.69, 9.17) is 14.1 Å². The topological polar surface area (TPSA) is 76.6 Å². The number of ether oxygens (including phenoxy) is 1. The van der Waals surface area contributed by atoms with E-state index in [1.165, 1.54) is 0 Å². The Balaban J connectivity index is 1.64. The summed E-state index contributed by atoms with van der Waals surface area (Å²) < 4.78 is 12.7. The zero-order chi connectivity index (χ0) is 21.0. The van der Waals surface area contributed by atoms with Gasteiger partial charge in [-0.15, -0.1) is 0 Å². The Labute approximate surface area is 178 Å². The molecule has 0 radical (unpaired) electrons. The van der Waals surface area contributed by atoms with Crippen molar-refractivity contribution in [2.45, 2.75) is 33.2 Å². The molecule has 3 aromatic rings. The van der Waals surface area contributed by atoms with Crippen LogP contribution in [0, 0.1) is 6.92 Å². The molecule has 0 fully saturated rings. The van der Waals surface area contributed by atoms with Crippen molar-refractivity contribution in [2.24, 2.45) is 4.99 Å². The number of hydrogen-bond donors (Lipinski definition) is 2. The van der Waals surface area contributed by atoms with Gasteiger partial charge in [-0.3, -0.25) is 0 Å². The largest absolute Gasteiger partial charge is 0.469 e. The van der Waals surface area contributed by atoms with Gasteiger partial charge in [0.25, 0.3) is 0 Å². The zero-order valence-corrected chi connectivity index (χ0v) is 17.8. The second-order valence-electron chi connectivity index (χ2n) is 6.93. The molecule has 2 aromatic heterocycles. The Hall–Kier alpha value is -3.06. The van der Waals surface area contributed by atoms with Gasteiger partial charge in [0.05, 0.1) is 24.2 Å². The van der Waals surface area contributed by atoms with Gasteiger partial charge in [-0.1, -0.05) is 18.2 Å². The van der Waals surface area contributed by atoms with Crippen LogP contribution in [0.1, 0.15) is 30.4 Å². The first kappa shape index (κ1) is 21.6. The lowest BCUT2D eigenvalue weighted by molar-refractivity contribution is 0.145. The second-order valence-corrected chi connectivity index (χ2v) is 6.93. The number of benzene rings is 1. The maximum atomic E-state index is 5.42. The molecular formula is C23H31N5O2. The minimum atomic E-state index is 0.552. The third kappa shape index (κ3) is 6.77. The molecule has 0 amide bonds. The van der Waals surface area contributed by atoms with Crippen molar-refractivity contribution in [1.82, 2.24) is 20.4 Å². The van der Waals surface area contributed by atoms with Gasteiger partial charge >= 0.3 is 0 Å². The second kappa shape index (κ2) is 11.8. The normalized spacial score (nSPS) is 11.6. The average molecular weight is 410 g/mol. The van der Waals surface area contributed by atoms with E-state index in [9.17, 15) is 0 Å². The standard InChI is InChI=1S/C23H31N5O2/c1-3-29-16-7-13-24-23(25-14-11-21-9-6-17-30-21)26-18-20-8-4-5-10-22(20)28-15-12-19(2)27-28/h4-6,8-10,12,15,17H,3,7,11,13-14,16,18H2,1-2H3,(H2,24,25,26). The number of nitrogens with zero attached hydrogens (tertiary/aromatic N) is 3. The summed E-state index contributed by atoms with van der Waals surface area (Å²) in [5, 5.41) is 11.3. The average Bonchev–Trinajstić information content (AvgIpc) is 3.43. The minimum Gasteiger partial charge on any atom is -0.469 e. The number of guanidine groups is 1. The Bertz CT molecular complexity index is 902. The van der Waals surface area contributed by atoms with Gasteiger partial charge in [-0.05, 0) is 50.1 Å². The molecule has 0 bridgehead atoms. The molecule has 2 N–H and O–H groups in total. The number of aryl methyl sites for hydroxylation is 1. The molecule has 0 unspecified atom stereocenters. The summed E-state index contributed by atoms with van der Waals surface area (Å²) in [6.07, 6.45) is 5.41. The van der Waals surface area contributed by atoms with E-state index in [1.54, 1.807) is 6.26 Å². The summed E-state index contributed by atoms with van der Waals surface area (Å²) in [6, 6.07) is 14.1. The van der Waals surface area contributed by atoms with E-state index in [0.29, 0.717) is 6.54 Å². The van der Waals surface area contributed by atoms with E-state index >= 15 is 0 Å². The summed E-state index contributed by atoms with van der Waals surface area (Å²) in [7, 11) is 0. The Morgan fingerprint density at radius 3 is 2.77 bits per heavy atom. The van der Waals surface area contributed by atoms with Crippen LogP contribution in [0.15, 0.2) is 64.3 Å². The van der Waals surface area contributed by atoms with Gasteiger partial charge in [-0.2, -0.15) is 5.10 Å². The summed E-state index contributed by atoms with van der Waals surface area (Å²) in [5.74, 6) is 1.74. The SMILES string of the molecule is CCOCCCNC(=NCc1ccccc1-n1ccc(C)n1)NCCc1ccco1. The van der Waals surface area contributed by atoms with Crippen molar-refractivity contribution in [3.8, 4) is 5.69 Å². The number of rotatable bonds is 11. The minimum absolute atomic E-state index is 0.552. The number of para-hydroxylation sites is 1. The molecule has 30 heavy (non-hydrogen) atoms. The summed E-state index contributed by atoms with van der Waals surface area (Å²) in [4.78, 5) is 4.81. The molecular weight excluding hydrogens is 378 g/mol. The Morgan fingerprint density at radius 1 is 1.13 bits per heavy atom. The zero-order valence-electron chi connectivity index (χ0n) is 17.8. The van der Waals surface area contributed by atoms with E-state index in [-0.39, 0.29) is 0 Å². The molecule has 3 rings (SSSR count). The molecule has 1 aromatic carbocycles. The molecule has 0 aliphatic carbocycles. The first-order valence-electron chi connectivity index (χ1n) is 10.5. The smallest absolute Gasteiger partial charge is 0.191 e. The highest BCUT2D eigenvalue weighted by molar-refractivity contribution is 5.79. The lowest BCUT2D eigenvalue weighted by Gasteiger charge is -2.13. The number of furan rings is 1. The van der Waals surface area contributed by atoms with Crippen molar-refractivity contribution in [2.75, 3.05) is 26.3 Å². The van der Waals surface area contributed by atoms with Crippen LogP contribution in [-0.2, 0) is 17.7 Å². The molecule has 7 heteroatoms. The van der Waals surface area contributed by atoms with Crippen LogP contribution in [0.25, 0.3) is 5.69 Å². The Kier molecular flexibility index (Phi) is 8.53.